The van der Waals surface area contributed by atoms with Crippen molar-refractivity contribution < 1.29 is 39.5 Å². The number of hydrogen-bond acceptors (Lipinski definition) is 24. The average Bonchev–Trinajstić information content (AvgIpc) is 3.00. The highest BCUT2D eigenvalue weighted by Gasteiger charge is 2.49. The number of anilines is 6. The van der Waals surface area contributed by atoms with Gasteiger partial charge in [-0.3, -0.25) is 28.3 Å². The van der Waals surface area contributed by atoms with Gasteiger partial charge in [0.1, 0.15) is 35.8 Å². The summed E-state index contributed by atoms with van der Waals surface area (Å²) in [6, 6.07) is -0.282. The zero-order chi connectivity index (χ0) is 57.3. The second-order valence-corrected chi connectivity index (χ2v) is 21.6. The van der Waals surface area contributed by atoms with E-state index in [0.717, 1.165) is 11.4 Å². The highest BCUT2D eigenvalue weighted by Crippen LogP contribution is 2.37. The van der Waals surface area contributed by atoms with Crippen LogP contribution in [0.4, 0.5) is 34.9 Å². The molecule has 7 aromatic rings. The van der Waals surface area contributed by atoms with Gasteiger partial charge in [-0.25, -0.2) is 19.9 Å². The van der Waals surface area contributed by atoms with Crippen LogP contribution < -0.4 is 53.4 Å². The largest absolute Gasteiger partial charge is 0.387 e. The summed E-state index contributed by atoms with van der Waals surface area (Å²) in [5.74, 6) is 0.342. The van der Waals surface area contributed by atoms with Crippen LogP contribution in [0.1, 0.15) is 89.1 Å². The van der Waals surface area contributed by atoms with Crippen LogP contribution in [0.25, 0.3) is 22.3 Å². The number of aryl methyl sites for hydroxylation is 2. The molecule has 8 heterocycles. The molecule has 2 amide bonds. The van der Waals surface area contributed by atoms with E-state index < -0.39 is 71.8 Å². The zero-order valence-electron chi connectivity index (χ0n) is 45.9. The zero-order valence-corrected chi connectivity index (χ0v) is 45.9. The summed E-state index contributed by atoms with van der Waals surface area (Å²) < 4.78 is 18.6. The van der Waals surface area contributed by atoms with Crippen molar-refractivity contribution in [2.24, 2.45) is 14.1 Å². The van der Waals surface area contributed by atoms with Gasteiger partial charge in [-0.05, 0) is 65.2 Å². The first-order chi connectivity index (χ1) is 39.6. The molecule has 2 aliphatic heterocycles. The number of likely N-dealkylation sites (N-methyl/N-ethyl adjacent to an activating group) is 2. The maximum absolute atomic E-state index is 13.1. The standard InChI is InChI=1S/C52H70N20O10/c1-5-53-47(79)41-37(75)39(77)49(81-41)71-23-59-33-43(65-51(67-45(33)71)55-17-15-29-19-69(3)21-57-29)63-27-11-7-25(8-12-27)61-31-32(36(74)35(31)73)62-26-9-13-28(14-10-26)64-44-34-46(68-52(66-44)56-18-16-30-20-70(4)22-58-30)72(24-60-34)50-40(78)38(76)42(82-50)48(80)54-6-2/h19-28,37-42,49-50,61-62,75-78H,5-18H2,1-4H3,(H,53,79)(H,54,80)(H2,55,63,65,67)(H2,56,64,66,68)/t25?,26?,27?,28?,37-,38-,39+,40+,41-,42-,49+,50+/m0/s1. The Morgan fingerprint density at radius 3 is 1.27 bits per heavy atom. The Morgan fingerprint density at radius 1 is 0.537 bits per heavy atom. The van der Waals surface area contributed by atoms with E-state index in [1.165, 1.54) is 21.8 Å². The minimum absolute atomic E-state index is 0.0563. The van der Waals surface area contributed by atoms with Crippen LogP contribution in [0, 0.1) is 0 Å². The van der Waals surface area contributed by atoms with Gasteiger partial charge in [-0.2, -0.15) is 19.9 Å². The van der Waals surface area contributed by atoms with Gasteiger partial charge in [0.15, 0.2) is 58.6 Å². The second-order valence-electron chi connectivity index (χ2n) is 21.6. The van der Waals surface area contributed by atoms with Crippen molar-refractivity contribution in [3.63, 3.8) is 0 Å². The number of aromatic nitrogens is 12. The first kappa shape index (κ1) is 56.0. The average molecular weight is 1140 g/mol. The number of nitrogens with one attached hydrogen (secondary N) is 8. The number of ether oxygens (including phenoxy) is 2. The predicted molar refractivity (Wildman–Crippen MR) is 299 cm³/mol. The smallest absolute Gasteiger partial charge is 0.253 e. The lowest BCUT2D eigenvalue weighted by atomic mass is 9.90. The fourth-order valence-corrected chi connectivity index (χ4v) is 11.3. The SMILES string of the molecule is CCNC(=O)[C@H]1O[C@@H](n2cnc3c(NC4CCC(Nc5c(NC6CCC(Nc7nc(NCCc8cn(C)cn8)nc8c7ncn8[C@@H]7O[C@H](C(=O)NCC)[C@@H](O)[C@H]7O)CC6)c(=O)c5=O)CC4)nc(NCCc4cn(C)cn4)nc32)[C@H](O)[C@@H]1O. The maximum Gasteiger partial charge on any atom is 0.253 e. The normalized spacial score (nSPS) is 26.5. The number of carbonyl (C=O) groups is 2. The topological polar surface area (TPSA) is 387 Å². The molecule has 0 bridgehead atoms. The van der Waals surface area contributed by atoms with Crippen LogP contribution in [0.15, 0.2) is 47.3 Å². The van der Waals surface area contributed by atoms with E-state index in [1.54, 1.807) is 26.5 Å². The Labute approximate surface area is 469 Å². The molecule has 2 saturated carbocycles. The molecule has 12 N–H and O–H groups in total. The van der Waals surface area contributed by atoms with Crippen LogP contribution >= 0.6 is 0 Å². The van der Waals surface area contributed by atoms with Crippen LogP contribution in [-0.2, 0) is 46.0 Å². The van der Waals surface area contributed by atoms with E-state index in [2.05, 4.69) is 62.5 Å². The number of hydrogen-bond donors (Lipinski definition) is 12. The molecule has 6 aromatic heterocycles. The van der Waals surface area contributed by atoms with Crippen molar-refractivity contribution in [3.05, 3.63) is 69.5 Å². The predicted octanol–water partition coefficient (Wildman–Crippen LogP) is -0.481. The first-order valence-electron chi connectivity index (χ1n) is 28.0. The Kier molecular flexibility index (Phi) is 16.3. The van der Waals surface area contributed by atoms with Gasteiger partial charge >= 0.3 is 0 Å². The molecular formula is C52H70N20O10. The number of amides is 2. The molecule has 0 spiro atoms. The number of imidazole rings is 4. The van der Waals surface area contributed by atoms with E-state index in [-0.39, 0.29) is 36.1 Å². The lowest BCUT2D eigenvalue weighted by Crippen LogP contribution is -2.43. The van der Waals surface area contributed by atoms with E-state index >= 15 is 0 Å². The summed E-state index contributed by atoms with van der Waals surface area (Å²) in [6.45, 7) is 5.04. The maximum atomic E-state index is 13.1. The van der Waals surface area contributed by atoms with Crippen molar-refractivity contribution in [1.82, 2.24) is 68.8 Å². The molecule has 30 nitrogen and oxygen atoms in total. The Hall–Kier alpha value is -7.90. The van der Waals surface area contributed by atoms with Crippen molar-refractivity contribution in [1.29, 1.82) is 0 Å². The minimum Gasteiger partial charge on any atom is -0.387 e. The van der Waals surface area contributed by atoms with Gasteiger partial charge in [0.2, 0.25) is 11.9 Å². The highest BCUT2D eigenvalue weighted by molar-refractivity contribution is 5.86. The van der Waals surface area contributed by atoms with Crippen molar-refractivity contribution in [2.75, 3.05) is 58.1 Å². The summed E-state index contributed by atoms with van der Waals surface area (Å²) in [5.41, 5.74) is 2.66. The highest BCUT2D eigenvalue weighted by atomic mass is 16.6. The molecule has 82 heavy (non-hydrogen) atoms. The van der Waals surface area contributed by atoms with Crippen LogP contribution in [-0.4, -0.2) is 177 Å². The molecule has 11 rings (SSSR count). The van der Waals surface area contributed by atoms with Crippen LogP contribution in [0.3, 0.4) is 0 Å². The van der Waals surface area contributed by atoms with Crippen molar-refractivity contribution in [2.45, 2.75) is 151 Å². The molecule has 1 aromatic carbocycles. The Bertz CT molecular complexity index is 3240. The summed E-state index contributed by atoms with van der Waals surface area (Å²) in [4.78, 5) is 88.9. The molecular weight excluding hydrogens is 1060 g/mol. The fourth-order valence-electron chi connectivity index (χ4n) is 11.3. The monoisotopic (exact) mass is 1130 g/mol. The molecule has 4 fully saturated rings. The van der Waals surface area contributed by atoms with E-state index in [9.17, 15) is 39.6 Å². The van der Waals surface area contributed by atoms with E-state index in [0.29, 0.717) is 136 Å². The molecule has 8 atom stereocenters. The third-order valence-electron chi connectivity index (χ3n) is 15.7. The van der Waals surface area contributed by atoms with E-state index in [1.807, 2.05) is 35.6 Å². The lowest BCUT2D eigenvalue weighted by molar-refractivity contribution is -0.138. The Morgan fingerprint density at radius 2 is 0.915 bits per heavy atom. The summed E-state index contributed by atoms with van der Waals surface area (Å²) in [5, 5.41) is 69.6. The number of aliphatic hydroxyl groups is 4. The number of carbonyl (C=O) groups excluding carboxylic acids is 2. The number of aliphatic hydroxyl groups excluding tert-OH is 4. The van der Waals surface area contributed by atoms with Crippen molar-refractivity contribution >= 4 is 69.0 Å². The first-order valence-corrected chi connectivity index (χ1v) is 28.0. The quantitative estimate of drug-likeness (QED) is 0.0381. The molecule has 2 saturated heterocycles. The summed E-state index contributed by atoms with van der Waals surface area (Å²) in [6.07, 6.45) is 5.98. The van der Waals surface area contributed by atoms with Gasteiger partial charge in [-0.15, -0.1) is 0 Å². The van der Waals surface area contributed by atoms with Crippen LogP contribution in [0.5, 0.6) is 0 Å². The lowest BCUT2D eigenvalue weighted by Gasteiger charge is -2.33. The van der Waals surface area contributed by atoms with Crippen molar-refractivity contribution in [3.8, 4) is 0 Å². The fraction of sp³-hybridized carbons (Fsp3) is 0.577. The van der Waals surface area contributed by atoms with Gasteiger partial charge in [0.25, 0.3) is 22.7 Å². The molecule has 0 unspecified atom stereocenters. The van der Waals surface area contributed by atoms with Gasteiger partial charge in [-0.1, -0.05) is 0 Å². The molecule has 4 aliphatic rings. The summed E-state index contributed by atoms with van der Waals surface area (Å²) in [7, 11) is 3.79. The molecule has 2 aliphatic carbocycles. The van der Waals surface area contributed by atoms with Gasteiger partial charge in [0, 0.05) is 89.7 Å². The Balaban J connectivity index is 0.721. The molecule has 30 heteroatoms. The molecule has 438 valence electrons. The van der Waals surface area contributed by atoms with E-state index in [4.69, 9.17) is 29.4 Å². The number of fused-ring (bicyclic) bond motifs is 2. The number of nitrogens with zero attached hydrogens (tertiary/aromatic N) is 12. The second kappa shape index (κ2) is 23.9. The number of rotatable bonds is 22. The third-order valence-corrected chi connectivity index (χ3v) is 15.7. The third kappa shape index (κ3) is 11.5. The van der Waals surface area contributed by atoms with Gasteiger partial charge in [0.05, 0.1) is 36.7 Å². The molecule has 0 radical (unpaired) electrons. The van der Waals surface area contributed by atoms with Crippen LogP contribution in [0.2, 0.25) is 0 Å². The minimum atomic E-state index is -1.49. The summed E-state index contributed by atoms with van der Waals surface area (Å²) >= 11 is 0. The van der Waals surface area contributed by atoms with Gasteiger partial charge < -0.3 is 81.6 Å².